The number of nitrogens with zero attached hydrogens (tertiary/aromatic N) is 3. The second kappa shape index (κ2) is 6.56. The zero-order valence-electron chi connectivity index (χ0n) is 11.8. The number of anilines is 1. The third-order valence-electron chi connectivity index (χ3n) is 3.55. The topological polar surface area (TPSA) is 59.5 Å². The summed E-state index contributed by atoms with van der Waals surface area (Å²) in [5, 5.41) is 2.97. The molecule has 0 saturated carbocycles. The van der Waals surface area contributed by atoms with Crippen LogP contribution in [0.15, 0.2) is 6.33 Å². The molecule has 1 unspecified atom stereocenters. The molecule has 2 rings (SSSR count). The lowest BCUT2D eigenvalue weighted by atomic mass is 10.0. The van der Waals surface area contributed by atoms with Crippen molar-refractivity contribution in [3.8, 4) is 11.6 Å². The van der Waals surface area contributed by atoms with Crippen LogP contribution in [0.4, 0.5) is 5.82 Å². The smallest absolute Gasteiger partial charge is 0.262 e. The molecule has 1 atom stereocenters. The number of ether oxygens (including phenoxy) is 2. The molecule has 1 aromatic heterocycles. The zero-order valence-corrected chi connectivity index (χ0v) is 11.8. The summed E-state index contributed by atoms with van der Waals surface area (Å²) in [5.41, 5.74) is 0. The predicted octanol–water partition coefficient (Wildman–Crippen LogP) is 1.39. The number of likely N-dealkylation sites (N-methyl/N-ethyl adjacent to an activating group) is 1. The van der Waals surface area contributed by atoms with E-state index in [0.717, 1.165) is 6.54 Å². The summed E-state index contributed by atoms with van der Waals surface area (Å²) in [6.45, 7) is 1.77. The van der Waals surface area contributed by atoms with Gasteiger partial charge < -0.3 is 19.7 Å². The molecule has 0 aromatic carbocycles. The summed E-state index contributed by atoms with van der Waals surface area (Å²) < 4.78 is 11.1. The van der Waals surface area contributed by atoms with Gasteiger partial charge in [0.15, 0.2) is 5.82 Å². The molecule has 6 nitrogen and oxygen atoms in total. The predicted molar refractivity (Wildman–Crippen MR) is 73.9 cm³/mol. The lowest BCUT2D eigenvalue weighted by Gasteiger charge is -2.32. The highest BCUT2D eigenvalue weighted by Gasteiger charge is 2.21. The number of likely N-dealkylation sites (tertiary alicyclic amines) is 1. The van der Waals surface area contributed by atoms with Gasteiger partial charge >= 0.3 is 0 Å². The van der Waals surface area contributed by atoms with Gasteiger partial charge in [-0.2, -0.15) is 4.98 Å². The van der Waals surface area contributed by atoms with Crippen LogP contribution < -0.4 is 14.8 Å². The summed E-state index contributed by atoms with van der Waals surface area (Å²) in [7, 11) is 5.53. The number of rotatable bonds is 5. The molecule has 1 fully saturated rings. The Balaban J connectivity index is 2.02. The van der Waals surface area contributed by atoms with Gasteiger partial charge in [0.1, 0.15) is 12.9 Å². The fourth-order valence-electron chi connectivity index (χ4n) is 2.35. The first-order chi connectivity index (χ1) is 9.26. The van der Waals surface area contributed by atoms with E-state index in [0.29, 0.717) is 30.1 Å². The molecule has 1 aliphatic rings. The minimum Gasteiger partial charge on any atom is -0.489 e. The largest absolute Gasteiger partial charge is 0.489 e. The van der Waals surface area contributed by atoms with Crippen molar-refractivity contribution in [1.29, 1.82) is 0 Å². The molecule has 0 radical (unpaired) electrons. The second-order valence-electron chi connectivity index (χ2n) is 4.75. The second-order valence-corrected chi connectivity index (χ2v) is 4.75. The molecular weight excluding hydrogens is 244 g/mol. The number of methoxy groups -OCH3 is 1. The van der Waals surface area contributed by atoms with E-state index in [1.807, 2.05) is 0 Å². The van der Waals surface area contributed by atoms with Crippen LogP contribution in [0.1, 0.15) is 19.3 Å². The van der Waals surface area contributed by atoms with Crippen LogP contribution >= 0.6 is 0 Å². The molecule has 19 heavy (non-hydrogen) atoms. The Morgan fingerprint density at radius 2 is 2.26 bits per heavy atom. The van der Waals surface area contributed by atoms with Gasteiger partial charge in [-0.1, -0.05) is 6.42 Å². The SMILES string of the molecule is CNc1ncnc(OCC2CCCCN2C)c1OC. The van der Waals surface area contributed by atoms with E-state index in [1.165, 1.54) is 25.6 Å². The first-order valence-corrected chi connectivity index (χ1v) is 6.66. The van der Waals surface area contributed by atoms with Gasteiger partial charge in [0.2, 0.25) is 5.75 Å². The van der Waals surface area contributed by atoms with E-state index in [1.54, 1.807) is 14.2 Å². The molecule has 0 bridgehead atoms. The highest BCUT2D eigenvalue weighted by Crippen LogP contribution is 2.30. The van der Waals surface area contributed by atoms with Crippen molar-refractivity contribution in [1.82, 2.24) is 14.9 Å². The summed E-state index contributed by atoms with van der Waals surface area (Å²) >= 11 is 0. The van der Waals surface area contributed by atoms with Crippen LogP contribution in [0.3, 0.4) is 0 Å². The Morgan fingerprint density at radius 1 is 1.42 bits per heavy atom. The minimum atomic E-state index is 0.450. The quantitative estimate of drug-likeness (QED) is 0.869. The van der Waals surface area contributed by atoms with Crippen molar-refractivity contribution in [3.05, 3.63) is 6.33 Å². The van der Waals surface area contributed by atoms with Crippen molar-refractivity contribution in [2.75, 3.05) is 39.7 Å². The number of piperidine rings is 1. The Labute approximate surface area is 114 Å². The van der Waals surface area contributed by atoms with Gasteiger partial charge in [0, 0.05) is 13.1 Å². The summed E-state index contributed by atoms with van der Waals surface area (Å²) in [6, 6.07) is 0.450. The Hall–Kier alpha value is -1.56. The van der Waals surface area contributed by atoms with Gasteiger partial charge in [0.05, 0.1) is 7.11 Å². The van der Waals surface area contributed by atoms with Crippen molar-refractivity contribution in [3.63, 3.8) is 0 Å². The first kappa shape index (κ1) is 13.9. The zero-order chi connectivity index (χ0) is 13.7. The van der Waals surface area contributed by atoms with Gasteiger partial charge in [-0.3, -0.25) is 0 Å². The number of nitrogens with one attached hydrogen (secondary N) is 1. The summed E-state index contributed by atoms with van der Waals surface area (Å²) in [4.78, 5) is 10.6. The normalized spacial score (nSPS) is 20.1. The van der Waals surface area contributed by atoms with Gasteiger partial charge in [-0.15, -0.1) is 0 Å². The molecule has 1 aromatic rings. The standard InChI is InChI=1S/C13H22N4O2/c1-14-12-11(18-3)13(16-9-15-12)19-8-10-6-4-5-7-17(10)2/h9-10H,4-8H2,1-3H3,(H,14,15,16). The van der Waals surface area contributed by atoms with Gasteiger partial charge in [0.25, 0.3) is 5.88 Å². The van der Waals surface area contributed by atoms with E-state index in [4.69, 9.17) is 9.47 Å². The maximum atomic E-state index is 5.82. The fraction of sp³-hybridized carbons (Fsp3) is 0.692. The molecule has 1 aliphatic heterocycles. The van der Waals surface area contributed by atoms with Gasteiger partial charge in [-0.05, 0) is 26.4 Å². The van der Waals surface area contributed by atoms with E-state index >= 15 is 0 Å². The Bertz CT molecular complexity index is 414. The molecule has 0 aliphatic carbocycles. The van der Waals surface area contributed by atoms with Crippen molar-refractivity contribution >= 4 is 5.82 Å². The lowest BCUT2D eigenvalue weighted by molar-refractivity contribution is 0.120. The molecule has 106 valence electrons. The van der Waals surface area contributed by atoms with Crippen LogP contribution in [0.25, 0.3) is 0 Å². The third kappa shape index (κ3) is 3.26. The maximum absolute atomic E-state index is 5.82. The first-order valence-electron chi connectivity index (χ1n) is 6.66. The van der Waals surface area contributed by atoms with Crippen LogP contribution in [0, 0.1) is 0 Å². The van der Waals surface area contributed by atoms with Crippen molar-refractivity contribution < 1.29 is 9.47 Å². The lowest BCUT2D eigenvalue weighted by Crippen LogP contribution is -2.40. The third-order valence-corrected chi connectivity index (χ3v) is 3.55. The fourth-order valence-corrected chi connectivity index (χ4v) is 2.35. The monoisotopic (exact) mass is 266 g/mol. The van der Waals surface area contributed by atoms with Crippen molar-refractivity contribution in [2.45, 2.75) is 25.3 Å². The number of hydrogen-bond acceptors (Lipinski definition) is 6. The van der Waals surface area contributed by atoms with Crippen LogP contribution in [0.2, 0.25) is 0 Å². The van der Waals surface area contributed by atoms with E-state index < -0.39 is 0 Å². The average Bonchev–Trinajstić information content (AvgIpc) is 2.45. The number of aromatic nitrogens is 2. The van der Waals surface area contributed by atoms with E-state index in [2.05, 4.69) is 27.2 Å². The Morgan fingerprint density at radius 3 is 2.95 bits per heavy atom. The summed E-state index contributed by atoms with van der Waals surface area (Å²) in [5.74, 6) is 1.70. The van der Waals surface area contributed by atoms with Crippen LogP contribution in [-0.2, 0) is 0 Å². The molecule has 2 heterocycles. The van der Waals surface area contributed by atoms with Crippen LogP contribution in [0.5, 0.6) is 11.6 Å². The maximum Gasteiger partial charge on any atom is 0.262 e. The Kier molecular flexibility index (Phi) is 4.79. The van der Waals surface area contributed by atoms with Crippen LogP contribution in [-0.4, -0.2) is 55.3 Å². The molecule has 0 amide bonds. The molecule has 1 N–H and O–H groups in total. The summed E-state index contributed by atoms with van der Waals surface area (Å²) in [6.07, 6.45) is 5.19. The van der Waals surface area contributed by atoms with Gasteiger partial charge in [-0.25, -0.2) is 4.98 Å². The average molecular weight is 266 g/mol. The molecule has 1 saturated heterocycles. The molecule has 0 spiro atoms. The minimum absolute atomic E-state index is 0.450. The van der Waals surface area contributed by atoms with Crippen molar-refractivity contribution in [2.24, 2.45) is 0 Å². The highest BCUT2D eigenvalue weighted by atomic mass is 16.5. The number of hydrogen-bond donors (Lipinski definition) is 1. The van der Waals surface area contributed by atoms with E-state index in [-0.39, 0.29) is 0 Å². The van der Waals surface area contributed by atoms with E-state index in [9.17, 15) is 0 Å². The molecular formula is C13H22N4O2. The molecule has 6 heteroatoms. The highest BCUT2D eigenvalue weighted by molar-refractivity contribution is 5.54.